The molecule has 0 radical (unpaired) electrons. The number of rotatable bonds is 6. The van der Waals surface area contributed by atoms with Gasteiger partial charge in [-0.2, -0.15) is 0 Å². The van der Waals surface area contributed by atoms with E-state index in [9.17, 15) is 9.59 Å². The molecule has 22 heavy (non-hydrogen) atoms. The Morgan fingerprint density at radius 2 is 2.09 bits per heavy atom. The molecule has 0 aliphatic carbocycles. The highest BCUT2D eigenvalue weighted by molar-refractivity contribution is 5.89. The zero-order chi connectivity index (χ0) is 15.2. The fourth-order valence-electron chi connectivity index (χ4n) is 2.74. The van der Waals surface area contributed by atoms with Crippen LogP contribution in [0.3, 0.4) is 0 Å². The van der Waals surface area contributed by atoms with Crippen LogP contribution >= 0.6 is 12.4 Å². The Kier molecular flexibility index (Phi) is 7.41. The topological polar surface area (TPSA) is 97.4 Å². The predicted molar refractivity (Wildman–Crippen MR) is 85.7 cm³/mol. The number of halogens is 1. The van der Waals surface area contributed by atoms with Crippen LogP contribution in [0.1, 0.15) is 42.5 Å². The summed E-state index contributed by atoms with van der Waals surface area (Å²) >= 11 is 0. The summed E-state index contributed by atoms with van der Waals surface area (Å²) in [5.74, 6) is 1.05. The van der Waals surface area contributed by atoms with Crippen LogP contribution in [0.4, 0.5) is 0 Å². The van der Waals surface area contributed by atoms with E-state index in [1.807, 2.05) is 0 Å². The van der Waals surface area contributed by atoms with Crippen molar-refractivity contribution in [3.05, 3.63) is 23.7 Å². The highest BCUT2D eigenvalue weighted by atomic mass is 35.5. The molecule has 124 valence electrons. The van der Waals surface area contributed by atoms with Gasteiger partial charge in [-0.3, -0.25) is 9.59 Å². The molecule has 6 nitrogen and oxygen atoms in total. The van der Waals surface area contributed by atoms with E-state index in [1.54, 1.807) is 6.07 Å². The zero-order valence-electron chi connectivity index (χ0n) is 12.8. The highest BCUT2D eigenvalue weighted by Gasteiger charge is 2.22. The molecular weight excluding hydrogens is 306 g/mol. The van der Waals surface area contributed by atoms with Crippen molar-refractivity contribution in [3.8, 4) is 0 Å². The Balaban J connectivity index is 0.00000242. The highest BCUT2D eigenvalue weighted by Crippen LogP contribution is 2.24. The van der Waals surface area contributed by atoms with E-state index in [-0.39, 0.29) is 30.6 Å². The molecule has 4 N–H and O–H groups in total. The van der Waals surface area contributed by atoms with E-state index in [4.69, 9.17) is 10.2 Å². The Bertz CT molecular complexity index is 498. The first-order chi connectivity index (χ1) is 10.1. The van der Waals surface area contributed by atoms with E-state index in [0.717, 1.165) is 25.9 Å². The van der Waals surface area contributed by atoms with Gasteiger partial charge in [-0.05, 0) is 49.9 Å². The smallest absolute Gasteiger partial charge is 0.284 e. The van der Waals surface area contributed by atoms with Gasteiger partial charge in [-0.1, -0.05) is 6.92 Å². The summed E-state index contributed by atoms with van der Waals surface area (Å²) in [5, 5.41) is 6.15. The molecule has 2 heterocycles. The second-order valence-corrected chi connectivity index (χ2v) is 5.68. The number of nitrogens with one attached hydrogen (secondary N) is 2. The van der Waals surface area contributed by atoms with Gasteiger partial charge < -0.3 is 20.8 Å². The van der Waals surface area contributed by atoms with E-state index in [1.165, 1.54) is 6.07 Å². The maximum atomic E-state index is 12.0. The second kappa shape index (κ2) is 8.80. The summed E-state index contributed by atoms with van der Waals surface area (Å²) in [7, 11) is 0. The molecule has 2 amide bonds. The van der Waals surface area contributed by atoms with E-state index in [0.29, 0.717) is 24.0 Å². The maximum absolute atomic E-state index is 12.0. The number of carbonyl (C=O) groups excluding carboxylic acids is 2. The van der Waals surface area contributed by atoms with Gasteiger partial charge in [-0.25, -0.2) is 0 Å². The summed E-state index contributed by atoms with van der Waals surface area (Å²) in [5.41, 5.74) is 5.11. The minimum Gasteiger partial charge on any atom is -0.454 e. The molecule has 1 aliphatic rings. The van der Waals surface area contributed by atoms with Crippen molar-refractivity contribution in [3.63, 3.8) is 0 Å². The van der Waals surface area contributed by atoms with Gasteiger partial charge in [0.2, 0.25) is 5.91 Å². The predicted octanol–water partition coefficient (Wildman–Crippen LogP) is 1.44. The van der Waals surface area contributed by atoms with Crippen LogP contribution in [0.2, 0.25) is 0 Å². The summed E-state index contributed by atoms with van der Waals surface area (Å²) in [6.07, 6.45) is 2.79. The van der Waals surface area contributed by atoms with Crippen LogP contribution in [0.15, 0.2) is 16.5 Å². The number of amides is 2. The van der Waals surface area contributed by atoms with Gasteiger partial charge in [-0.15, -0.1) is 12.4 Å². The molecule has 1 unspecified atom stereocenters. The number of furan rings is 1. The molecule has 1 saturated heterocycles. The maximum Gasteiger partial charge on any atom is 0.284 e. The number of piperidine rings is 1. The van der Waals surface area contributed by atoms with Gasteiger partial charge in [0.1, 0.15) is 5.76 Å². The molecule has 7 heteroatoms. The van der Waals surface area contributed by atoms with Gasteiger partial charge in [0.25, 0.3) is 5.91 Å². The molecule has 1 aromatic rings. The monoisotopic (exact) mass is 329 g/mol. The lowest BCUT2D eigenvalue weighted by Gasteiger charge is -2.27. The quantitative estimate of drug-likeness (QED) is 0.735. The van der Waals surface area contributed by atoms with E-state index >= 15 is 0 Å². The first-order valence-electron chi connectivity index (χ1n) is 7.42. The molecule has 0 aromatic carbocycles. The van der Waals surface area contributed by atoms with Crippen LogP contribution in [-0.2, 0) is 11.3 Å². The molecule has 1 aliphatic heterocycles. The molecule has 1 aromatic heterocycles. The Labute approximate surface area is 136 Å². The summed E-state index contributed by atoms with van der Waals surface area (Å²) in [4.78, 5) is 22.9. The number of hydrogen-bond acceptors (Lipinski definition) is 4. The fraction of sp³-hybridized carbons (Fsp3) is 0.600. The third-order valence-corrected chi connectivity index (χ3v) is 4.06. The van der Waals surface area contributed by atoms with Crippen molar-refractivity contribution in [1.82, 2.24) is 10.6 Å². The average Bonchev–Trinajstić information content (AvgIpc) is 2.95. The molecule has 0 spiro atoms. The van der Waals surface area contributed by atoms with Crippen LogP contribution in [0.5, 0.6) is 0 Å². The minimum absolute atomic E-state index is 0. The average molecular weight is 330 g/mol. The van der Waals surface area contributed by atoms with E-state index < -0.39 is 5.91 Å². The van der Waals surface area contributed by atoms with Crippen molar-refractivity contribution in [2.24, 2.45) is 17.6 Å². The van der Waals surface area contributed by atoms with Crippen LogP contribution in [-0.4, -0.2) is 24.9 Å². The normalized spacial score (nSPS) is 16.6. The van der Waals surface area contributed by atoms with Gasteiger partial charge in [0, 0.05) is 6.42 Å². The standard InChI is InChI=1S/C15H23N3O3.ClH/c1-10(11-4-6-17-7-5-11)8-14(19)18-9-12-2-3-13(21-12)15(16)20;/h2-3,10-11,17H,4-9H2,1H3,(H2,16,20)(H,18,19);1H. The molecule has 2 rings (SSSR count). The third-order valence-electron chi connectivity index (χ3n) is 4.06. The number of carbonyl (C=O) groups is 2. The largest absolute Gasteiger partial charge is 0.454 e. The Morgan fingerprint density at radius 3 is 2.68 bits per heavy atom. The first-order valence-corrected chi connectivity index (χ1v) is 7.42. The molecule has 0 saturated carbocycles. The SMILES string of the molecule is CC(CC(=O)NCc1ccc(C(N)=O)o1)C1CCNCC1.Cl. The lowest BCUT2D eigenvalue weighted by Crippen LogP contribution is -2.33. The number of primary amides is 1. The van der Waals surface area contributed by atoms with Crippen molar-refractivity contribution in [2.75, 3.05) is 13.1 Å². The molecule has 0 bridgehead atoms. The Hall–Kier alpha value is -1.53. The minimum atomic E-state index is -0.605. The third kappa shape index (κ3) is 5.35. The summed E-state index contributed by atoms with van der Waals surface area (Å²) in [6, 6.07) is 3.16. The fourth-order valence-corrected chi connectivity index (χ4v) is 2.74. The molecule has 1 atom stereocenters. The lowest BCUT2D eigenvalue weighted by molar-refractivity contribution is -0.122. The van der Waals surface area contributed by atoms with Crippen molar-refractivity contribution < 1.29 is 14.0 Å². The van der Waals surface area contributed by atoms with E-state index in [2.05, 4.69) is 17.6 Å². The van der Waals surface area contributed by atoms with Crippen molar-refractivity contribution in [1.29, 1.82) is 0 Å². The lowest BCUT2D eigenvalue weighted by atomic mass is 9.84. The van der Waals surface area contributed by atoms with Gasteiger partial charge in [0.15, 0.2) is 5.76 Å². The summed E-state index contributed by atoms with van der Waals surface area (Å²) < 4.78 is 5.22. The molecule has 1 fully saturated rings. The number of hydrogen-bond donors (Lipinski definition) is 3. The van der Waals surface area contributed by atoms with Crippen molar-refractivity contribution >= 4 is 24.2 Å². The van der Waals surface area contributed by atoms with Crippen molar-refractivity contribution in [2.45, 2.75) is 32.7 Å². The molecular formula is C15H24ClN3O3. The zero-order valence-corrected chi connectivity index (χ0v) is 13.6. The van der Waals surface area contributed by atoms with Crippen LogP contribution < -0.4 is 16.4 Å². The first kappa shape index (κ1) is 18.5. The second-order valence-electron chi connectivity index (χ2n) is 5.68. The van der Waals surface area contributed by atoms with Crippen LogP contribution in [0, 0.1) is 11.8 Å². The van der Waals surface area contributed by atoms with Gasteiger partial charge >= 0.3 is 0 Å². The van der Waals surface area contributed by atoms with Gasteiger partial charge in [0.05, 0.1) is 6.54 Å². The Morgan fingerprint density at radius 1 is 1.41 bits per heavy atom. The van der Waals surface area contributed by atoms with Crippen LogP contribution in [0.25, 0.3) is 0 Å². The summed E-state index contributed by atoms with van der Waals surface area (Å²) in [6.45, 7) is 4.50. The number of nitrogens with two attached hydrogens (primary N) is 1.